The normalized spacial score (nSPS) is 24.6. The highest BCUT2D eigenvalue weighted by Crippen LogP contribution is 2.17. The molecule has 1 N–H and O–H groups in total. The van der Waals surface area contributed by atoms with Crippen molar-refractivity contribution in [2.45, 2.75) is 13.0 Å². The van der Waals surface area contributed by atoms with Gasteiger partial charge in [0.2, 0.25) is 0 Å². The lowest BCUT2D eigenvalue weighted by Gasteiger charge is -2.25. The molecule has 1 amide bonds. The summed E-state index contributed by atoms with van der Waals surface area (Å²) >= 11 is 0. The van der Waals surface area contributed by atoms with Crippen LogP contribution >= 0.6 is 0 Å². The molecule has 9 heteroatoms. The molecule has 2 saturated heterocycles. The third kappa shape index (κ3) is 4.52. The van der Waals surface area contributed by atoms with E-state index >= 15 is 0 Å². The van der Waals surface area contributed by atoms with E-state index in [1.807, 2.05) is 0 Å². The standard InChI is InChI=1S/C14H21N3O5S/c18-14(15-8-11-1-6-23(19,20)10-11)13-7-12(22-16-13)9-17-2-4-21-5-3-17/h7,11H,1-6,8-10H2,(H,15,18)/t11-/m1/s1. The fourth-order valence-electron chi connectivity index (χ4n) is 2.83. The van der Waals surface area contributed by atoms with Crippen LogP contribution in [-0.4, -0.2) is 68.7 Å². The Balaban J connectivity index is 1.48. The van der Waals surface area contributed by atoms with Crippen molar-refractivity contribution in [3.8, 4) is 0 Å². The van der Waals surface area contributed by atoms with Crippen molar-refractivity contribution >= 4 is 15.7 Å². The van der Waals surface area contributed by atoms with E-state index in [-0.39, 0.29) is 29.0 Å². The van der Waals surface area contributed by atoms with Gasteiger partial charge in [-0.15, -0.1) is 0 Å². The van der Waals surface area contributed by atoms with Crippen LogP contribution in [0.1, 0.15) is 22.7 Å². The zero-order valence-corrected chi connectivity index (χ0v) is 13.7. The summed E-state index contributed by atoms with van der Waals surface area (Å²) in [5.74, 6) is 0.658. The van der Waals surface area contributed by atoms with Gasteiger partial charge in [0.15, 0.2) is 21.3 Å². The average Bonchev–Trinajstić information content (AvgIpc) is 3.12. The third-order valence-corrected chi connectivity index (χ3v) is 5.99. The lowest BCUT2D eigenvalue weighted by molar-refractivity contribution is 0.0305. The van der Waals surface area contributed by atoms with Gasteiger partial charge < -0.3 is 14.6 Å². The molecule has 1 aromatic heterocycles. The molecule has 0 saturated carbocycles. The maximum absolute atomic E-state index is 12.1. The number of rotatable bonds is 5. The van der Waals surface area contributed by atoms with E-state index in [4.69, 9.17) is 9.26 Å². The smallest absolute Gasteiger partial charge is 0.273 e. The molecule has 0 unspecified atom stereocenters. The van der Waals surface area contributed by atoms with Crippen molar-refractivity contribution in [3.63, 3.8) is 0 Å². The van der Waals surface area contributed by atoms with E-state index in [9.17, 15) is 13.2 Å². The minimum absolute atomic E-state index is 0.0105. The first-order chi connectivity index (χ1) is 11.0. The summed E-state index contributed by atoms with van der Waals surface area (Å²) < 4.78 is 33.3. The van der Waals surface area contributed by atoms with Crippen LogP contribution in [0.15, 0.2) is 10.6 Å². The van der Waals surface area contributed by atoms with Crippen molar-refractivity contribution < 1.29 is 22.5 Å². The van der Waals surface area contributed by atoms with Gasteiger partial charge in [-0.05, 0) is 12.3 Å². The summed E-state index contributed by atoms with van der Waals surface area (Å²) in [6, 6.07) is 1.64. The molecule has 1 aromatic rings. The highest BCUT2D eigenvalue weighted by molar-refractivity contribution is 7.91. The maximum Gasteiger partial charge on any atom is 0.273 e. The molecule has 0 aromatic carbocycles. The van der Waals surface area contributed by atoms with Gasteiger partial charge in [0.05, 0.1) is 31.3 Å². The van der Waals surface area contributed by atoms with Crippen molar-refractivity contribution in [1.29, 1.82) is 0 Å². The average molecular weight is 343 g/mol. The number of nitrogens with one attached hydrogen (secondary N) is 1. The molecular formula is C14H21N3O5S. The number of carbonyl (C=O) groups excluding carboxylic acids is 1. The van der Waals surface area contributed by atoms with E-state index in [1.54, 1.807) is 6.07 Å². The van der Waals surface area contributed by atoms with Crippen LogP contribution in [0.3, 0.4) is 0 Å². The van der Waals surface area contributed by atoms with E-state index in [0.717, 1.165) is 13.1 Å². The second kappa shape index (κ2) is 6.98. The lowest BCUT2D eigenvalue weighted by Crippen LogP contribution is -2.35. The molecule has 3 rings (SSSR count). The number of aromatic nitrogens is 1. The molecule has 0 aliphatic carbocycles. The summed E-state index contributed by atoms with van der Waals surface area (Å²) in [6.07, 6.45) is 0.601. The first-order valence-corrected chi connectivity index (χ1v) is 9.58. The van der Waals surface area contributed by atoms with Gasteiger partial charge >= 0.3 is 0 Å². The molecule has 0 bridgehead atoms. The Kier molecular flexibility index (Phi) is 4.98. The largest absolute Gasteiger partial charge is 0.379 e. The molecule has 23 heavy (non-hydrogen) atoms. The number of carbonyl (C=O) groups is 1. The van der Waals surface area contributed by atoms with Crippen LogP contribution in [0.4, 0.5) is 0 Å². The number of hydrogen-bond donors (Lipinski definition) is 1. The molecule has 0 radical (unpaired) electrons. The number of ether oxygens (including phenoxy) is 1. The van der Waals surface area contributed by atoms with E-state index in [2.05, 4.69) is 15.4 Å². The summed E-state index contributed by atoms with van der Waals surface area (Å²) in [4.78, 5) is 14.2. The Bertz CT molecular complexity index is 651. The summed E-state index contributed by atoms with van der Waals surface area (Å²) in [5.41, 5.74) is 0.231. The second-order valence-electron chi connectivity index (χ2n) is 6.05. The molecule has 2 aliphatic rings. The lowest BCUT2D eigenvalue weighted by atomic mass is 10.1. The highest BCUT2D eigenvalue weighted by Gasteiger charge is 2.28. The predicted octanol–water partition coefficient (Wildman–Crippen LogP) is -0.329. The van der Waals surface area contributed by atoms with Gasteiger partial charge in [-0.3, -0.25) is 9.69 Å². The Hall–Kier alpha value is -1.45. The second-order valence-corrected chi connectivity index (χ2v) is 8.27. The van der Waals surface area contributed by atoms with E-state index in [1.165, 1.54) is 0 Å². The monoisotopic (exact) mass is 343 g/mol. The number of hydrogen-bond acceptors (Lipinski definition) is 7. The zero-order valence-electron chi connectivity index (χ0n) is 12.9. The predicted molar refractivity (Wildman–Crippen MR) is 81.7 cm³/mol. The Morgan fingerprint density at radius 3 is 2.87 bits per heavy atom. The van der Waals surface area contributed by atoms with Crippen molar-refractivity contribution in [2.75, 3.05) is 44.4 Å². The van der Waals surface area contributed by atoms with Gasteiger partial charge in [0.25, 0.3) is 5.91 Å². The molecule has 0 spiro atoms. The molecule has 128 valence electrons. The summed E-state index contributed by atoms with van der Waals surface area (Å²) in [6.45, 7) is 4.02. The molecule has 3 heterocycles. The van der Waals surface area contributed by atoms with Crippen LogP contribution in [0.2, 0.25) is 0 Å². The number of sulfone groups is 1. The number of amides is 1. The Morgan fingerprint density at radius 2 is 2.17 bits per heavy atom. The zero-order chi connectivity index (χ0) is 16.3. The summed E-state index contributed by atoms with van der Waals surface area (Å²) in [5, 5.41) is 6.53. The van der Waals surface area contributed by atoms with Gasteiger partial charge in [0.1, 0.15) is 0 Å². The fraction of sp³-hybridized carbons (Fsp3) is 0.714. The first kappa shape index (κ1) is 16.4. The minimum atomic E-state index is -2.92. The van der Waals surface area contributed by atoms with Crippen LogP contribution in [0.25, 0.3) is 0 Å². The SMILES string of the molecule is O=C(NC[C@H]1CCS(=O)(=O)C1)c1cc(CN2CCOCC2)on1. The van der Waals surface area contributed by atoms with Gasteiger partial charge in [0, 0.05) is 25.7 Å². The van der Waals surface area contributed by atoms with Gasteiger partial charge in [-0.1, -0.05) is 5.16 Å². The summed E-state index contributed by atoms with van der Waals surface area (Å²) in [7, 11) is -2.92. The molecule has 1 atom stereocenters. The van der Waals surface area contributed by atoms with Crippen molar-refractivity contribution in [2.24, 2.45) is 5.92 Å². The molecular weight excluding hydrogens is 322 g/mol. The Labute approximate surface area is 135 Å². The molecule has 2 fully saturated rings. The van der Waals surface area contributed by atoms with Crippen LogP contribution in [0.5, 0.6) is 0 Å². The van der Waals surface area contributed by atoms with E-state index in [0.29, 0.717) is 38.5 Å². The van der Waals surface area contributed by atoms with Crippen LogP contribution in [-0.2, 0) is 21.1 Å². The molecule has 8 nitrogen and oxygen atoms in total. The fourth-order valence-corrected chi connectivity index (χ4v) is 4.70. The Morgan fingerprint density at radius 1 is 1.39 bits per heavy atom. The van der Waals surface area contributed by atoms with E-state index < -0.39 is 9.84 Å². The first-order valence-electron chi connectivity index (χ1n) is 7.76. The van der Waals surface area contributed by atoms with Crippen LogP contribution < -0.4 is 5.32 Å². The van der Waals surface area contributed by atoms with Gasteiger partial charge in [-0.2, -0.15) is 0 Å². The van der Waals surface area contributed by atoms with Gasteiger partial charge in [-0.25, -0.2) is 8.42 Å². The van der Waals surface area contributed by atoms with Crippen molar-refractivity contribution in [3.05, 3.63) is 17.5 Å². The quantitative estimate of drug-likeness (QED) is 0.781. The number of morpholine rings is 1. The minimum Gasteiger partial charge on any atom is -0.379 e. The number of nitrogens with zero attached hydrogens (tertiary/aromatic N) is 2. The van der Waals surface area contributed by atoms with Crippen molar-refractivity contribution in [1.82, 2.24) is 15.4 Å². The highest BCUT2D eigenvalue weighted by atomic mass is 32.2. The topological polar surface area (TPSA) is 102 Å². The maximum atomic E-state index is 12.1. The third-order valence-electron chi connectivity index (χ3n) is 4.15. The van der Waals surface area contributed by atoms with Crippen LogP contribution in [0, 0.1) is 5.92 Å². The molecule has 2 aliphatic heterocycles.